The first kappa shape index (κ1) is 12.6. The number of aryl methyl sites for hydroxylation is 1. The van der Waals surface area contributed by atoms with E-state index in [9.17, 15) is 4.79 Å². The van der Waals surface area contributed by atoms with E-state index >= 15 is 0 Å². The second-order valence-corrected chi connectivity index (χ2v) is 4.67. The van der Waals surface area contributed by atoms with Crippen LogP contribution in [0.4, 0.5) is 0 Å². The first-order chi connectivity index (χ1) is 9.81. The molecule has 2 aromatic carbocycles. The number of H-pyrrole nitrogens is 1. The van der Waals surface area contributed by atoms with Crippen LogP contribution in [-0.4, -0.2) is 21.3 Å². The van der Waals surface area contributed by atoms with Crippen LogP contribution >= 0.6 is 0 Å². The second-order valence-electron chi connectivity index (χ2n) is 4.67. The van der Waals surface area contributed by atoms with Crippen LogP contribution < -0.4 is 11.4 Å². The highest BCUT2D eigenvalue weighted by atomic mass is 16.1. The van der Waals surface area contributed by atoms with E-state index in [2.05, 4.69) is 10.2 Å². The van der Waals surface area contributed by atoms with Gasteiger partial charge < -0.3 is 5.73 Å². The summed E-state index contributed by atoms with van der Waals surface area (Å²) in [6.45, 7) is 0.580. The number of hydrogen-bond donors (Lipinski definition) is 2. The summed E-state index contributed by atoms with van der Waals surface area (Å²) in [5.74, 6) is 0.719. The summed E-state index contributed by atoms with van der Waals surface area (Å²) in [5, 5.41) is 8.77. The molecule has 0 spiro atoms. The molecule has 0 aliphatic rings. The summed E-state index contributed by atoms with van der Waals surface area (Å²) < 4.78 is 1.64. The molecule has 0 unspecified atom stereocenters. The Bertz CT molecular complexity index is 782. The number of nitrogens with one attached hydrogen (secondary N) is 1. The molecule has 0 bridgehead atoms. The van der Waals surface area contributed by atoms with Crippen molar-refractivity contribution in [2.45, 2.75) is 12.8 Å². The van der Waals surface area contributed by atoms with Crippen molar-refractivity contribution < 1.29 is 0 Å². The molecule has 3 aromatic rings. The summed E-state index contributed by atoms with van der Waals surface area (Å²) in [6, 6.07) is 13.9. The van der Waals surface area contributed by atoms with Crippen molar-refractivity contribution in [3.05, 3.63) is 58.8 Å². The van der Waals surface area contributed by atoms with Gasteiger partial charge in [-0.25, -0.2) is 14.5 Å². The Balaban J connectivity index is 2.21. The largest absolute Gasteiger partial charge is 0.347 e. The van der Waals surface area contributed by atoms with Gasteiger partial charge in [-0.2, -0.15) is 5.10 Å². The predicted octanol–water partition coefficient (Wildman–Crippen LogP) is 1.61. The maximum absolute atomic E-state index is 12.1. The number of aromatic amines is 1. The van der Waals surface area contributed by atoms with Crippen LogP contribution in [0.15, 0.2) is 47.3 Å². The molecular weight excluding hydrogens is 252 g/mol. The number of nitrogens with two attached hydrogens (primary N) is 1. The van der Waals surface area contributed by atoms with Gasteiger partial charge in [-0.1, -0.05) is 36.4 Å². The number of nitrogens with zero attached hydrogens (tertiary/aromatic N) is 2. The molecule has 0 aliphatic heterocycles. The van der Waals surface area contributed by atoms with Gasteiger partial charge in [0, 0.05) is 11.8 Å². The first-order valence-electron chi connectivity index (χ1n) is 6.66. The van der Waals surface area contributed by atoms with E-state index in [0.29, 0.717) is 13.0 Å². The van der Waals surface area contributed by atoms with E-state index in [1.807, 2.05) is 42.5 Å². The molecule has 5 heteroatoms. The van der Waals surface area contributed by atoms with Crippen LogP contribution in [0, 0.1) is 0 Å². The van der Waals surface area contributed by atoms with Gasteiger partial charge in [0.05, 0.1) is 5.69 Å². The number of benzene rings is 2. The van der Waals surface area contributed by atoms with Gasteiger partial charge in [0.15, 0.2) is 0 Å². The van der Waals surface area contributed by atoms with E-state index in [1.54, 1.807) is 4.57 Å². The fourth-order valence-corrected chi connectivity index (χ4v) is 2.41. The SMILES string of the molecule is NCCCc1n[nH]c(=O)n1-c1cccc2ccccc12. The third-order valence-electron chi connectivity index (χ3n) is 3.35. The minimum absolute atomic E-state index is 0.214. The summed E-state index contributed by atoms with van der Waals surface area (Å²) in [6.07, 6.45) is 1.48. The van der Waals surface area contributed by atoms with Crippen molar-refractivity contribution in [1.29, 1.82) is 0 Å². The average Bonchev–Trinajstić information content (AvgIpc) is 2.85. The van der Waals surface area contributed by atoms with Crippen LogP contribution in [0.25, 0.3) is 16.5 Å². The van der Waals surface area contributed by atoms with Crippen LogP contribution in [0.2, 0.25) is 0 Å². The van der Waals surface area contributed by atoms with Crippen molar-refractivity contribution in [3.63, 3.8) is 0 Å². The highest BCUT2D eigenvalue weighted by molar-refractivity contribution is 5.90. The topological polar surface area (TPSA) is 76.7 Å². The van der Waals surface area contributed by atoms with Gasteiger partial charge in [-0.15, -0.1) is 0 Å². The van der Waals surface area contributed by atoms with Gasteiger partial charge >= 0.3 is 5.69 Å². The third-order valence-corrected chi connectivity index (χ3v) is 3.35. The smallest absolute Gasteiger partial charge is 0.330 e. The summed E-state index contributed by atoms with van der Waals surface area (Å²) >= 11 is 0. The molecule has 0 saturated carbocycles. The van der Waals surface area contributed by atoms with Crippen LogP contribution in [0.1, 0.15) is 12.2 Å². The molecule has 1 aromatic heterocycles. The zero-order chi connectivity index (χ0) is 13.9. The molecule has 5 nitrogen and oxygen atoms in total. The maximum Gasteiger partial charge on any atom is 0.347 e. The molecule has 20 heavy (non-hydrogen) atoms. The van der Waals surface area contributed by atoms with Crippen molar-refractivity contribution in [2.24, 2.45) is 5.73 Å². The molecular formula is C15H16N4O. The van der Waals surface area contributed by atoms with Crippen LogP contribution in [0.3, 0.4) is 0 Å². The van der Waals surface area contributed by atoms with Gasteiger partial charge in [-0.3, -0.25) is 0 Å². The monoisotopic (exact) mass is 268 g/mol. The lowest BCUT2D eigenvalue weighted by Gasteiger charge is -2.09. The summed E-state index contributed by atoms with van der Waals surface area (Å²) in [5.41, 5.74) is 6.18. The van der Waals surface area contributed by atoms with E-state index in [0.717, 1.165) is 28.7 Å². The van der Waals surface area contributed by atoms with Crippen molar-refractivity contribution in [1.82, 2.24) is 14.8 Å². The van der Waals surface area contributed by atoms with Gasteiger partial charge in [-0.05, 0) is 24.4 Å². The molecule has 0 saturated heterocycles. The normalized spacial score (nSPS) is 11.1. The third kappa shape index (κ3) is 2.12. The average molecular weight is 268 g/mol. The zero-order valence-electron chi connectivity index (χ0n) is 11.0. The Labute approximate surface area is 116 Å². The number of hydrogen-bond acceptors (Lipinski definition) is 3. The Morgan fingerprint density at radius 1 is 1.15 bits per heavy atom. The molecule has 3 rings (SSSR count). The lowest BCUT2D eigenvalue weighted by molar-refractivity contribution is 0.758. The Morgan fingerprint density at radius 3 is 2.80 bits per heavy atom. The van der Waals surface area contributed by atoms with Gasteiger partial charge in [0.1, 0.15) is 5.82 Å². The van der Waals surface area contributed by atoms with E-state index in [1.165, 1.54) is 0 Å². The predicted molar refractivity (Wildman–Crippen MR) is 79.1 cm³/mol. The fraction of sp³-hybridized carbons (Fsp3) is 0.200. The van der Waals surface area contributed by atoms with Gasteiger partial charge in [0.25, 0.3) is 0 Å². The van der Waals surface area contributed by atoms with E-state index in [4.69, 9.17) is 5.73 Å². The van der Waals surface area contributed by atoms with E-state index < -0.39 is 0 Å². The first-order valence-corrected chi connectivity index (χ1v) is 6.66. The minimum Gasteiger partial charge on any atom is -0.330 e. The second kappa shape index (κ2) is 5.30. The Hall–Kier alpha value is -2.40. The van der Waals surface area contributed by atoms with Gasteiger partial charge in [0.2, 0.25) is 0 Å². The molecule has 0 radical (unpaired) electrons. The fourth-order valence-electron chi connectivity index (χ4n) is 2.41. The number of rotatable bonds is 4. The van der Waals surface area contributed by atoms with Crippen LogP contribution in [-0.2, 0) is 6.42 Å². The molecule has 0 fully saturated rings. The standard InChI is InChI=1S/C15H16N4O/c16-10-4-9-14-17-18-15(20)19(14)13-8-3-6-11-5-1-2-7-12(11)13/h1-3,5-8H,4,9-10,16H2,(H,18,20). The maximum atomic E-state index is 12.1. The zero-order valence-corrected chi connectivity index (χ0v) is 11.0. The molecule has 0 amide bonds. The quantitative estimate of drug-likeness (QED) is 0.754. The summed E-state index contributed by atoms with van der Waals surface area (Å²) in [7, 11) is 0. The molecule has 102 valence electrons. The summed E-state index contributed by atoms with van der Waals surface area (Å²) in [4.78, 5) is 12.1. The molecule has 1 heterocycles. The lowest BCUT2D eigenvalue weighted by Crippen LogP contribution is -2.17. The van der Waals surface area contributed by atoms with Crippen molar-refractivity contribution >= 4 is 10.8 Å². The van der Waals surface area contributed by atoms with Crippen molar-refractivity contribution in [2.75, 3.05) is 6.54 Å². The Kier molecular flexibility index (Phi) is 3.35. The highest BCUT2D eigenvalue weighted by Crippen LogP contribution is 2.21. The van der Waals surface area contributed by atoms with Crippen molar-refractivity contribution in [3.8, 4) is 5.69 Å². The minimum atomic E-state index is -0.214. The lowest BCUT2D eigenvalue weighted by atomic mass is 10.1. The number of aromatic nitrogens is 3. The highest BCUT2D eigenvalue weighted by Gasteiger charge is 2.12. The molecule has 0 aliphatic carbocycles. The van der Waals surface area contributed by atoms with E-state index in [-0.39, 0.29) is 5.69 Å². The van der Waals surface area contributed by atoms with Crippen LogP contribution in [0.5, 0.6) is 0 Å². The Morgan fingerprint density at radius 2 is 1.95 bits per heavy atom. The number of fused-ring (bicyclic) bond motifs is 1. The molecule has 3 N–H and O–H groups in total. The molecule has 0 atom stereocenters.